The summed E-state index contributed by atoms with van der Waals surface area (Å²) in [5, 5.41) is 5.17. The number of nitrogens with one attached hydrogen (secondary N) is 2. The number of benzene rings is 2. The normalized spacial score (nSPS) is 15.4. The first-order valence-electron chi connectivity index (χ1n) is 8.74. The van der Waals surface area contributed by atoms with Gasteiger partial charge in [-0.2, -0.15) is 0 Å². The molecule has 6 nitrogen and oxygen atoms in total. The zero-order valence-corrected chi connectivity index (χ0v) is 17.4. The van der Waals surface area contributed by atoms with Crippen LogP contribution in [0.15, 0.2) is 66.2 Å². The van der Waals surface area contributed by atoms with Gasteiger partial charge in [0.25, 0.3) is 0 Å². The molecule has 8 heteroatoms. The third kappa shape index (κ3) is 3.17. The van der Waals surface area contributed by atoms with Crippen molar-refractivity contribution >= 4 is 75.5 Å². The average molecular weight is 466 g/mol. The number of anilines is 3. The third-order valence-corrected chi connectivity index (χ3v) is 7.88. The molecule has 2 N–H and O–H groups in total. The van der Waals surface area contributed by atoms with Gasteiger partial charge in [0.05, 0.1) is 0 Å². The molecule has 1 fully saturated rings. The molecule has 3 heterocycles. The fraction of sp³-hybridized carbons (Fsp3) is 0. The summed E-state index contributed by atoms with van der Waals surface area (Å²) in [5.74, 6) is -1.38. The number of thiophene rings is 1. The predicted octanol–water partition coefficient (Wildman–Crippen LogP) is 1.94. The Kier molecular flexibility index (Phi) is 4.32. The van der Waals surface area contributed by atoms with Crippen molar-refractivity contribution in [1.29, 1.82) is 0 Å². The maximum absolute atomic E-state index is 12.0. The number of fused-ring (bicyclic) bond motifs is 2. The Morgan fingerprint density at radius 1 is 0.793 bits per heavy atom. The van der Waals surface area contributed by atoms with Crippen LogP contribution in [0.2, 0.25) is 0 Å². The molecule has 2 aromatic carbocycles. The Morgan fingerprint density at radius 2 is 1.38 bits per heavy atom. The third-order valence-electron chi connectivity index (χ3n) is 4.50. The van der Waals surface area contributed by atoms with E-state index < -0.39 is 17.8 Å². The van der Waals surface area contributed by atoms with E-state index in [9.17, 15) is 14.4 Å². The number of nitrogens with zero attached hydrogens (tertiary/aromatic N) is 1. The summed E-state index contributed by atoms with van der Waals surface area (Å²) in [5.41, 5.74) is 2.21. The SMILES string of the molecule is O=C1NC(=O)C(=Cc2ccc(N3c4ccccc4[Se]c4ccccc43)s2)C(=O)N1. The average Bonchev–Trinajstić information content (AvgIpc) is 3.17. The van der Waals surface area contributed by atoms with E-state index in [4.69, 9.17) is 0 Å². The van der Waals surface area contributed by atoms with Gasteiger partial charge in [0.1, 0.15) is 0 Å². The van der Waals surface area contributed by atoms with E-state index in [0.717, 1.165) is 21.3 Å². The van der Waals surface area contributed by atoms with Crippen LogP contribution < -0.4 is 24.5 Å². The number of carbonyl (C=O) groups excluding carboxylic acids is 3. The van der Waals surface area contributed by atoms with E-state index >= 15 is 0 Å². The van der Waals surface area contributed by atoms with Crippen LogP contribution in [0.1, 0.15) is 4.88 Å². The first-order chi connectivity index (χ1) is 14.1. The van der Waals surface area contributed by atoms with Crippen LogP contribution in [0.5, 0.6) is 0 Å². The molecular weight excluding hydrogens is 453 g/mol. The van der Waals surface area contributed by atoms with Gasteiger partial charge in [-0.3, -0.25) is 0 Å². The van der Waals surface area contributed by atoms with Crippen LogP contribution in [-0.2, 0) is 9.59 Å². The first-order valence-corrected chi connectivity index (χ1v) is 11.3. The van der Waals surface area contributed by atoms with Crippen LogP contribution in [-0.4, -0.2) is 32.8 Å². The number of barbiturate groups is 1. The molecular formula is C21H13N3O3SSe. The quantitative estimate of drug-likeness (QED) is 0.269. The summed E-state index contributed by atoms with van der Waals surface area (Å²) in [7, 11) is 0. The number of hydrogen-bond acceptors (Lipinski definition) is 5. The Balaban J connectivity index is 1.56. The molecule has 1 aromatic heterocycles. The molecule has 0 spiro atoms. The number of rotatable bonds is 2. The Bertz CT molecular complexity index is 1150. The van der Waals surface area contributed by atoms with Gasteiger partial charge in [-0.25, -0.2) is 0 Å². The van der Waals surface area contributed by atoms with Crippen molar-refractivity contribution in [3.63, 3.8) is 0 Å². The van der Waals surface area contributed by atoms with Crippen molar-refractivity contribution < 1.29 is 14.4 Å². The van der Waals surface area contributed by atoms with Crippen molar-refractivity contribution in [2.45, 2.75) is 0 Å². The minimum absolute atomic E-state index is 0.0826. The Labute approximate surface area is 176 Å². The fourth-order valence-electron chi connectivity index (χ4n) is 3.23. The standard InChI is InChI=1S/C21H13N3O3SSe/c25-19-13(20(26)23-21(27)22-19)11-12-9-10-18(28-12)24-14-5-1-3-7-16(14)29-17-8-4-2-6-15(17)24/h1-11H,(H2,22,23,25,26,27). The second-order valence-corrected chi connectivity index (χ2v) is 9.71. The monoisotopic (exact) mass is 467 g/mol. The topological polar surface area (TPSA) is 78.5 Å². The van der Waals surface area contributed by atoms with Crippen molar-refractivity contribution in [2.75, 3.05) is 4.90 Å². The second kappa shape index (κ2) is 7.00. The van der Waals surface area contributed by atoms with Gasteiger partial charge in [-0.1, -0.05) is 0 Å². The number of carbonyl (C=O) groups is 3. The fourth-order valence-corrected chi connectivity index (χ4v) is 6.43. The van der Waals surface area contributed by atoms with Gasteiger partial charge in [0.15, 0.2) is 0 Å². The molecule has 0 saturated carbocycles. The molecule has 142 valence electrons. The zero-order valence-electron chi connectivity index (χ0n) is 14.8. The van der Waals surface area contributed by atoms with E-state index in [2.05, 4.69) is 51.9 Å². The number of amides is 4. The molecule has 4 amide bonds. The van der Waals surface area contributed by atoms with Gasteiger partial charge >= 0.3 is 177 Å². The molecule has 0 radical (unpaired) electrons. The zero-order chi connectivity index (χ0) is 20.0. The maximum atomic E-state index is 12.0. The summed E-state index contributed by atoms with van der Waals surface area (Å²) in [6.45, 7) is 0. The summed E-state index contributed by atoms with van der Waals surface area (Å²) >= 11 is 1.71. The van der Waals surface area contributed by atoms with Gasteiger partial charge in [-0.05, 0) is 0 Å². The number of imide groups is 2. The molecule has 0 atom stereocenters. The first kappa shape index (κ1) is 17.9. The van der Waals surface area contributed by atoms with Crippen molar-refractivity contribution in [3.8, 4) is 0 Å². The molecule has 0 unspecified atom stereocenters. The minimum atomic E-state index is -0.799. The van der Waals surface area contributed by atoms with Gasteiger partial charge in [-0.15, -0.1) is 0 Å². The van der Waals surface area contributed by atoms with Crippen LogP contribution in [0.3, 0.4) is 0 Å². The summed E-state index contributed by atoms with van der Waals surface area (Å²) in [6.07, 6.45) is 1.51. The number of urea groups is 1. The molecule has 29 heavy (non-hydrogen) atoms. The Morgan fingerprint density at radius 3 is 2.00 bits per heavy atom. The molecule has 1 saturated heterocycles. The van der Waals surface area contributed by atoms with Gasteiger partial charge < -0.3 is 0 Å². The van der Waals surface area contributed by atoms with Gasteiger partial charge in [0, 0.05) is 0 Å². The molecule has 0 aliphatic carbocycles. The van der Waals surface area contributed by atoms with Crippen molar-refractivity contribution in [1.82, 2.24) is 10.6 Å². The van der Waals surface area contributed by atoms with Crippen LogP contribution in [0.25, 0.3) is 6.08 Å². The summed E-state index contributed by atoms with van der Waals surface area (Å²) < 4.78 is 2.60. The molecule has 3 aromatic rings. The Hall–Kier alpha value is -3.19. The van der Waals surface area contributed by atoms with Crippen LogP contribution >= 0.6 is 11.3 Å². The second-order valence-electron chi connectivity index (χ2n) is 6.34. The number of para-hydroxylation sites is 2. The van der Waals surface area contributed by atoms with Crippen LogP contribution in [0, 0.1) is 0 Å². The van der Waals surface area contributed by atoms with Crippen LogP contribution in [0.4, 0.5) is 21.2 Å². The van der Waals surface area contributed by atoms with Gasteiger partial charge in [0.2, 0.25) is 0 Å². The van der Waals surface area contributed by atoms with E-state index in [-0.39, 0.29) is 20.5 Å². The van der Waals surface area contributed by atoms with E-state index in [1.54, 1.807) is 0 Å². The van der Waals surface area contributed by atoms with Crippen molar-refractivity contribution in [2.24, 2.45) is 0 Å². The summed E-state index contributed by atoms with van der Waals surface area (Å²) in [4.78, 5) is 38.2. The molecule has 2 aliphatic rings. The summed E-state index contributed by atoms with van der Waals surface area (Å²) in [6, 6.07) is 19.7. The molecule has 0 bridgehead atoms. The van der Waals surface area contributed by atoms with E-state index in [0.29, 0.717) is 0 Å². The molecule has 2 aliphatic heterocycles. The van der Waals surface area contributed by atoms with E-state index in [1.807, 2.05) is 24.3 Å². The number of hydrogen-bond donors (Lipinski definition) is 2. The van der Waals surface area contributed by atoms with E-state index in [1.165, 1.54) is 26.3 Å². The van der Waals surface area contributed by atoms with Crippen molar-refractivity contribution in [3.05, 3.63) is 71.1 Å². The predicted molar refractivity (Wildman–Crippen MR) is 114 cm³/mol. The molecule has 5 rings (SSSR count).